The van der Waals surface area contributed by atoms with Crippen molar-refractivity contribution >= 4 is 0 Å². The Kier molecular flexibility index (Phi) is 4.40. The van der Waals surface area contributed by atoms with E-state index >= 15 is 0 Å². The van der Waals surface area contributed by atoms with Gasteiger partial charge in [0.25, 0.3) is 0 Å². The average molecular weight is 234 g/mol. The SMILES string of the molecule is CC(CCCN)N1CCOc2ccccc2C1. The Labute approximate surface area is 104 Å². The molecule has 3 nitrogen and oxygen atoms in total. The normalized spacial score (nSPS) is 18.0. The minimum absolute atomic E-state index is 0.577. The fraction of sp³-hybridized carbons (Fsp3) is 0.571. The van der Waals surface area contributed by atoms with E-state index in [9.17, 15) is 0 Å². The van der Waals surface area contributed by atoms with Gasteiger partial charge in [0.1, 0.15) is 12.4 Å². The van der Waals surface area contributed by atoms with Crippen molar-refractivity contribution in [3.05, 3.63) is 29.8 Å². The zero-order valence-electron chi connectivity index (χ0n) is 10.6. The van der Waals surface area contributed by atoms with Crippen LogP contribution in [-0.4, -0.2) is 30.6 Å². The Morgan fingerprint density at radius 1 is 1.41 bits per heavy atom. The fourth-order valence-corrected chi connectivity index (χ4v) is 2.32. The lowest BCUT2D eigenvalue weighted by Gasteiger charge is -2.26. The summed E-state index contributed by atoms with van der Waals surface area (Å²) in [4.78, 5) is 2.49. The number of benzene rings is 1. The Hall–Kier alpha value is -1.06. The molecule has 0 spiro atoms. The number of hydrogen-bond donors (Lipinski definition) is 1. The molecule has 0 fully saturated rings. The van der Waals surface area contributed by atoms with Gasteiger partial charge in [0.05, 0.1) is 0 Å². The lowest BCUT2D eigenvalue weighted by Crippen LogP contribution is -2.34. The van der Waals surface area contributed by atoms with Gasteiger partial charge in [0.15, 0.2) is 0 Å². The van der Waals surface area contributed by atoms with Gasteiger partial charge in [-0.15, -0.1) is 0 Å². The van der Waals surface area contributed by atoms with Crippen LogP contribution in [0, 0.1) is 0 Å². The van der Waals surface area contributed by atoms with Crippen LogP contribution in [-0.2, 0) is 6.54 Å². The van der Waals surface area contributed by atoms with E-state index < -0.39 is 0 Å². The summed E-state index contributed by atoms with van der Waals surface area (Å²) in [7, 11) is 0. The van der Waals surface area contributed by atoms with Crippen molar-refractivity contribution in [1.29, 1.82) is 0 Å². The quantitative estimate of drug-likeness (QED) is 0.866. The molecule has 94 valence electrons. The van der Waals surface area contributed by atoms with Crippen LogP contribution in [0.2, 0.25) is 0 Å². The number of ether oxygens (including phenoxy) is 1. The minimum Gasteiger partial charge on any atom is -0.492 e. The molecule has 0 amide bonds. The van der Waals surface area contributed by atoms with E-state index in [2.05, 4.69) is 30.0 Å². The summed E-state index contributed by atoms with van der Waals surface area (Å²) in [5.41, 5.74) is 6.87. The molecule has 1 aliphatic rings. The van der Waals surface area contributed by atoms with Crippen molar-refractivity contribution in [2.75, 3.05) is 19.7 Å². The lowest BCUT2D eigenvalue weighted by atomic mass is 10.1. The molecule has 17 heavy (non-hydrogen) atoms. The first kappa shape index (κ1) is 12.4. The highest BCUT2D eigenvalue weighted by molar-refractivity contribution is 5.33. The summed E-state index contributed by atoms with van der Waals surface area (Å²) in [5, 5.41) is 0. The molecule has 1 aromatic carbocycles. The Bertz CT molecular complexity index is 354. The molecule has 1 unspecified atom stereocenters. The number of nitrogens with zero attached hydrogens (tertiary/aromatic N) is 1. The Morgan fingerprint density at radius 3 is 3.06 bits per heavy atom. The van der Waals surface area contributed by atoms with Crippen molar-refractivity contribution in [3.8, 4) is 5.75 Å². The van der Waals surface area contributed by atoms with E-state index in [-0.39, 0.29) is 0 Å². The molecule has 1 aromatic rings. The largest absolute Gasteiger partial charge is 0.492 e. The van der Waals surface area contributed by atoms with Crippen LogP contribution < -0.4 is 10.5 Å². The number of rotatable bonds is 4. The van der Waals surface area contributed by atoms with Crippen LogP contribution in [0.5, 0.6) is 5.75 Å². The van der Waals surface area contributed by atoms with E-state index in [1.807, 2.05) is 6.07 Å². The van der Waals surface area contributed by atoms with Gasteiger partial charge in [-0.3, -0.25) is 4.90 Å². The number of fused-ring (bicyclic) bond motifs is 1. The van der Waals surface area contributed by atoms with Crippen molar-refractivity contribution in [2.45, 2.75) is 32.4 Å². The smallest absolute Gasteiger partial charge is 0.123 e. The van der Waals surface area contributed by atoms with Gasteiger partial charge in [0.2, 0.25) is 0 Å². The fourth-order valence-electron chi connectivity index (χ4n) is 2.32. The van der Waals surface area contributed by atoms with Crippen molar-refractivity contribution in [1.82, 2.24) is 4.90 Å². The second kappa shape index (κ2) is 6.03. The van der Waals surface area contributed by atoms with Crippen LogP contribution in [0.3, 0.4) is 0 Å². The summed E-state index contributed by atoms with van der Waals surface area (Å²) in [6.45, 7) is 5.83. The molecular formula is C14H22N2O. The molecule has 2 rings (SSSR count). The highest BCUT2D eigenvalue weighted by Crippen LogP contribution is 2.24. The molecular weight excluding hydrogens is 212 g/mol. The van der Waals surface area contributed by atoms with Gasteiger partial charge in [-0.05, 0) is 32.4 Å². The molecule has 3 heteroatoms. The predicted octanol–water partition coefficient (Wildman–Crippen LogP) is 2.01. The average Bonchev–Trinajstić information content (AvgIpc) is 2.58. The second-order valence-corrected chi connectivity index (χ2v) is 4.71. The first-order valence-corrected chi connectivity index (χ1v) is 6.46. The highest BCUT2D eigenvalue weighted by Gasteiger charge is 2.18. The summed E-state index contributed by atoms with van der Waals surface area (Å²) < 4.78 is 5.77. The molecule has 0 saturated heterocycles. The van der Waals surface area contributed by atoms with Crippen LogP contribution >= 0.6 is 0 Å². The standard InChI is InChI=1S/C14H22N2O/c1-12(5-4-8-15)16-9-10-17-14-7-3-2-6-13(14)11-16/h2-3,6-7,12H,4-5,8-11,15H2,1H3. The first-order valence-electron chi connectivity index (χ1n) is 6.46. The molecule has 2 N–H and O–H groups in total. The Balaban J connectivity index is 2.02. The summed E-state index contributed by atoms with van der Waals surface area (Å²) in [6, 6.07) is 8.91. The molecule has 1 heterocycles. The van der Waals surface area contributed by atoms with E-state index in [4.69, 9.17) is 10.5 Å². The first-order chi connectivity index (χ1) is 8.31. The zero-order valence-corrected chi connectivity index (χ0v) is 10.6. The van der Waals surface area contributed by atoms with Gasteiger partial charge in [-0.1, -0.05) is 18.2 Å². The predicted molar refractivity (Wildman–Crippen MR) is 70.1 cm³/mol. The van der Waals surface area contributed by atoms with Crippen LogP contribution in [0.4, 0.5) is 0 Å². The molecule has 1 aliphatic heterocycles. The maximum Gasteiger partial charge on any atom is 0.123 e. The third-order valence-electron chi connectivity index (χ3n) is 3.43. The van der Waals surface area contributed by atoms with Gasteiger partial charge in [0, 0.05) is 24.7 Å². The van der Waals surface area contributed by atoms with Gasteiger partial charge < -0.3 is 10.5 Å². The molecule has 0 aromatic heterocycles. The van der Waals surface area contributed by atoms with E-state index in [0.29, 0.717) is 6.04 Å². The highest BCUT2D eigenvalue weighted by atomic mass is 16.5. The van der Waals surface area contributed by atoms with Crippen LogP contribution in [0.15, 0.2) is 24.3 Å². The number of hydrogen-bond acceptors (Lipinski definition) is 3. The Morgan fingerprint density at radius 2 is 2.24 bits per heavy atom. The van der Waals surface area contributed by atoms with Crippen LogP contribution in [0.25, 0.3) is 0 Å². The van der Waals surface area contributed by atoms with Gasteiger partial charge in [-0.25, -0.2) is 0 Å². The maximum absolute atomic E-state index is 5.77. The summed E-state index contributed by atoms with van der Waals surface area (Å²) in [6.07, 6.45) is 2.26. The van der Waals surface area contributed by atoms with Crippen molar-refractivity contribution in [3.63, 3.8) is 0 Å². The molecule has 1 atom stereocenters. The molecule has 0 radical (unpaired) electrons. The van der Waals surface area contributed by atoms with Crippen molar-refractivity contribution in [2.24, 2.45) is 5.73 Å². The van der Waals surface area contributed by atoms with E-state index in [0.717, 1.165) is 38.4 Å². The van der Waals surface area contributed by atoms with Gasteiger partial charge in [-0.2, -0.15) is 0 Å². The molecule has 0 bridgehead atoms. The monoisotopic (exact) mass is 234 g/mol. The zero-order chi connectivity index (χ0) is 12.1. The maximum atomic E-state index is 5.77. The lowest BCUT2D eigenvalue weighted by molar-refractivity contribution is 0.170. The van der Waals surface area contributed by atoms with Crippen LogP contribution in [0.1, 0.15) is 25.3 Å². The summed E-state index contributed by atoms with van der Waals surface area (Å²) in [5.74, 6) is 1.04. The second-order valence-electron chi connectivity index (χ2n) is 4.71. The topological polar surface area (TPSA) is 38.5 Å². The minimum atomic E-state index is 0.577. The molecule has 0 saturated carbocycles. The number of para-hydroxylation sites is 1. The molecule has 0 aliphatic carbocycles. The van der Waals surface area contributed by atoms with Crippen molar-refractivity contribution < 1.29 is 4.74 Å². The third kappa shape index (κ3) is 3.20. The summed E-state index contributed by atoms with van der Waals surface area (Å²) >= 11 is 0. The third-order valence-corrected chi connectivity index (χ3v) is 3.43. The van der Waals surface area contributed by atoms with Gasteiger partial charge >= 0.3 is 0 Å². The van der Waals surface area contributed by atoms with E-state index in [1.54, 1.807) is 0 Å². The van der Waals surface area contributed by atoms with E-state index in [1.165, 1.54) is 12.0 Å². The number of nitrogens with two attached hydrogens (primary N) is 1.